The van der Waals surface area contributed by atoms with Gasteiger partial charge in [0.2, 0.25) is 15.9 Å². The number of likely N-dealkylation sites (N-methyl/N-ethyl adjacent to an activating group) is 1. The zero-order valence-corrected chi connectivity index (χ0v) is 40.2. The fraction of sp³-hybridized carbons (Fsp3) is 0.235. The van der Waals surface area contributed by atoms with Crippen LogP contribution in [-0.4, -0.2) is 82.4 Å². The van der Waals surface area contributed by atoms with Gasteiger partial charge in [0.1, 0.15) is 40.5 Å². The average Bonchev–Trinajstić information content (AvgIpc) is 3.86. The number of fused-ring (bicyclic) bond motifs is 2. The number of ether oxygens (including phenoxy) is 1. The van der Waals surface area contributed by atoms with Gasteiger partial charge in [-0.3, -0.25) is 19.3 Å². The van der Waals surface area contributed by atoms with Gasteiger partial charge in [0.25, 0.3) is 11.1 Å². The van der Waals surface area contributed by atoms with Gasteiger partial charge in [0, 0.05) is 55.3 Å². The van der Waals surface area contributed by atoms with Crippen LogP contribution in [0.25, 0.3) is 32.8 Å². The maximum atomic E-state index is 12.7. The van der Waals surface area contributed by atoms with E-state index >= 15 is 0 Å². The number of aromatic amines is 2. The summed E-state index contributed by atoms with van der Waals surface area (Å²) >= 11 is 0. The van der Waals surface area contributed by atoms with Crippen LogP contribution in [0.1, 0.15) is 43.6 Å². The molecule has 3 aromatic carbocycles. The van der Waals surface area contributed by atoms with Crippen LogP contribution in [0.2, 0.25) is 0 Å². The quantitative estimate of drug-likeness (QED) is 0.0565. The molecular formula is C51H54N12O6S. The lowest BCUT2D eigenvalue weighted by molar-refractivity contribution is -0.125. The topological polar surface area (TPSA) is 255 Å². The van der Waals surface area contributed by atoms with Crippen molar-refractivity contribution in [2.75, 3.05) is 49.2 Å². The molecule has 1 amide bonds. The first-order chi connectivity index (χ1) is 33.6. The molecule has 5 aromatic heterocycles. The summed E-state index contributed by atoms with van der Waals surface area (Å²) in [6.07, 6.45) is 9.09. The van der Waals surface area contributed by atoms with E-state index in [-0.39, 0.29) is 21.9 Å². The summed E-state index contributed by atoms with van der Waals surface area (Å²) in [5, 5.41) is 19.9. The van der Waals surface area contributed by atoms with E-state index in [0.717, 1.165) is 47.6 Å². The normalized spacial score (nSPS) is 12.8. The highest BCUT2D eigenvalue weighted by Gasteiger charge is 2.29. The van der Waals surface area contributed by atoms with Gasteiger partial charge in [0.15, 0.2) is 0 Å². The number of aromatic nitrogens is 6. The third kappa shape index (κ3) is 11.1. The number of anilines is 6. The molecule has 0 unspecified atom stereocenters. The predicted octanol–water partition coefficient (Wildman–Crippen LogP) is 7.30. The van der Waals surface area contributed by atoms with Crippen LogP contribution in [0.5, 0.6) is 5.75 Å². The SMILES string of the molecule is CNC(=O)C(C)(C)c1ccc(Nc2nc(-c3cnc(C)nc3)cc3cc[nH]c(=O)c23)cc1.Cc1cccc(Nc2cc3cc[nH]c(=O)c3c(Nc3ccc(OCCN4CCCC4)cc3)n2)c1S(N)(=O)=O. The number of carbonyl (C=O) groups is 1. The van der Waals surface area contributed by atoms with Crippen LogP contribution < -0.4 is 42.3 Å². The maximum Gasteiger partial charge on any atom is 0.259 e. The van der Waals surface area contributed by atoms with E-state index in [4.69, 9.17) is 14.9 Å². The van der Waals surface area contributed by atoms with Gasteiger partial charge in [-0.2, -0.15) is 0 Å². The summed E-state index contributed by atoms with van der Waals surface area (Å²) in [4.78, 5) is 63.0. The number of hydrogen-bond acceptors (Lipinski definition) is 14. The summed E-state index contributed by atoms with van der Waals surface area (Å²) < 4.78 is 30.4. The second kappa shape index (κ2) is 20.7. The minimum Gasteiger partial charge on any atom is -0.492 e. The number of H-pyrrole nitrogens is 2. The number of carbonyl (C=O) groups excluding carboxylic acids is 1. The molecule has 18 nitrogen and oxygen atoms in total. The van der Waals surface area contributed by atoms with E-state index < -0.39 is 15.4 Å². The number of nitrogens with one attached hydrogen (secondary N) is 6. The van der Waals surface area contributed by atoms with Gasteiger partial charge in [-0.15, -0.1) is 0 Å². The first-order valence-corrected chi connectivity index (χ1v) is 24.2. The number of benzene rings is 3. The van der Waals surface area contributed by atoms with Crippen molar-refractivity contribution in [2.45, 2.75) is 50.8 Å². The molecule has 1 aliphatic rings. The summed E-state index contributed by atoms with van der Waals surface area (Å²) in [5.41, 5.74) is 3.35. The Morgan fingerprint density at radius 3 is 1.97 bits per heavy atom. The van der Waals surface area contributed by atoms with Gasteiger partial charge >= 0.3 is 0 Å². The molecule has 6 heterocycles. The zero-order chi connectivity index (χ0) is 49.6. The van der Waals surface area contributed by atoms with E-state index in [2.05, 4.69) is 51.1 Å². The minimum atomic E-state index is -3.98. The highest BCUT2D eigenvalue weighted by atomic mass is 32.2. The van der Waals surface area contributed by atoms with E-state index in [1.807, 2.05) is 81.4 Å². The monoisotopic (exact) mass is 962 g/mol. The van der Waals surface area contributed by atoms with Crippen molar-refractivity contribution in [3.05, 3.63) is 153 Å². The largest absolute Gasteiger partial charge is 0.492 e. The van der Waals surface area contributed by atoms with E-state index in [1.54, 1.807) is 69.1 Å². The van der Waals surface area contributed by atoms with Crippen LogP contribution in [0, 0.1) is 13.8 Å². The van der Waals surface area contributed by atoms with Gasteiger partial charge in [-0.05, 0) is 142 Å². The standard InChI is InChI=1S/C27H30N6O4S.C24H24N6O2/c1-18-5-4-6-22(25(18)38(28,35)36)31-23-17-19-11-12-29-27(34)24(19)26(32-23)30-20-7-9-21(10-8-20)37-16-15-33-13-2-3-14-33;1-14-27-12-16(13-28-14)19-11-15-9-10-26-22(31)20(15)21(30-19)29-18-7-5-17(6-8-18)24(2,3)23(32)25-4/h4-12,17H,2-3,13-16H2,1H3,(H,29,34)(H2,28,35,36)(H2,30,31,32);5-13H,1-4H3,(H,25,32)(H,26,31)(H,29,30). The second-order valence-electron chi connectivity index (χ2n) is 17.3. The molecule has 0 bridgehead atoms. The van der Waals surface area contributed by atoms with Crippen LogP contribution in [0.4, 0.5) is 34.5 Å². The van der Waals surface area contributed by atoms with Crippen LogP contribution in [-0.2, 0) is 20.2 Å². The Labute approximate surface area is 404 Å². The number of nitrogens with zero attached hydrogens (tertiary/aromatic N) is 5. The molecule has 8 aromatic rings. The number of pyridine rings is 4. The van der Waals surface area contributed by atoms with Crippen LogP contribution in [0.3, 0.4) is 0 Å². The van der Waals surface area contributed by atoms with Crippen molar-refractivity contribution >= 4 is 72.0 Å². The second-order valence-corrected chi connectivity index (χ2v) is 18.8. The molecule has 1 fully saturated rings. The van der Waals surface area contributed by atoms with Crippen molar-refractivity contribution < 1.29 is 17.9 Å². The van der Waals surface area contributed by atoms with Gasteiger partial charge in [-0.1, -0.05) is 24.3 Å². The van der Waals surface area contributed by atoms with Crippen molar-refractivity contribution in [2.24, 2.45) is 5.14 Å². The summed E-state index contributed by atoms with van der Waals surface area (Å²) in [6.45, 7) is 11.0. The Kier molecular flexibility index (Phi) is 14.3. The molecule has 360 valence electrons. The minimum absolute atomic E-state index is 0.0114. The number of amides is 1. The number of sulfonamides is 1. The number of likely N-dealkylation sites (tertiary alicyclic amines) is 1. The lowest BCUT2D eigenvalue weighted by Crippen LogP contribution is -2.37. The fourth-order valence-electron chi connectivity index (χ4n) is 8.23. The Balaban J connectivity index is 0.000000191. The van der Waals surface area contributed by atoms with Crippen molar-refractivity contribution in [1.29, 1.82) is 0 Å². The highest BCUT2D eigenvalue weighted by molar-refractivity contribution is 7.89. The Bertz CT molecular complexity index is 3410. The first kappa shape index (κ1) is 48.5. The summed E-state index contributed by atoms with van der Waals surface area (Å²) in [5.74, 6) is 2.46. The third-order valence-electron chi connectivity index (χ3n) is 12.0. The smallest absolute Gasteiger partial charge is 0.259 e. The van der Waals surface area contributed by atoms with Crippen molar-refractivity contribution in [3.63, 3.8) is 0 Å². The average molecular weight is 963 g/mol. The molecule has 19 heteroatoms. The highest BCUT2D eigenvalue weighted by Crippen LogP contribution is 2.32. The molecule has 70 heavy (non-hydrogen) atoms. The number of nitrogens with two attached hydrogens (primary N) is 1. The fourth-order valence-corrected chi connectivity index (χ4v) is 9.18. The Morgan fingerprint density at radius 1 is 0.786 bits per heavy atom. The number of rotatable bonds is 14. The molecule has 0 atom stereocenters. The summed E-state index contributed by atoms with van der Waals surface area (Å²) in [6, 6.07) is 27.1. The van der Waals surface area contributed by atoms with Crippen LogP contribution >= 0.6 is 0 Å². The van der Waals surface area contributed by atoms with Gasteiger partial charge in [0.05, 0.1) is 27.6 Å². The molecule has 9 rings (SSSR count). The molecule has 1 aliphatic heterocycles. The molecule has 0 aliphatic carbocycles. The van der Waals surface area contributed by atoms with Crippen LogP contribution in [0.15, 0.2) is 130 Å². The van der Waals surface area contributed by atoms with E-state index in [1.165, 1.54) is 12.8 Å². The summed E-state index contributed by atoms with van der Waals surface area (Å²) in [7, 11) is -2.36. The van der Waals surface area contributed by atoms with Gasteiger partial charge < -0.3 is 36.0 Å². The lowest BCUT2D eigenvalue weighted by atomic mass is 9.83. The number of aryl methyl sites for hydroxylation is 2. The molecular weight excluding hydrogens is 909 g/mol. The molecule has 0 saturated carbocycles. The van der Waals surface area contributed by atoms with E-state index in [0.29, 0.717) is 68.7 Å². The number of primary sulfonamides is 1. The molecule has 0 radical (unpaired) electrons. The van der Waals surface area contributed by atoms with Crippen molar-refractivity contribution in [1.82, 2.24) is 40.1 Å². The third-order valence-corrected chi connectivity index (χ3v) is 13.1. The molecule has 1 saturated heterocycles. The van der Waals surface area contributed by atoms with E-state index in [9.17, 15) is 22.8 Å². The number of hydrogen-bond donors (Lipinski definition) is 7. The molecule has 8 N–H and O–H groups in total. The van der Waals surface area contributed by atoms with Gasteiger partial charge in [-0.25, -0.2) is 33.5 Å². The van der Waals surface area contributed by atoms with Crippen molar-refractivity contribution in [3.8, 4) is 17.0 Å². The predicted molar refractivity (Wildman–Crippen MR) is 274 cm³/mol. The molecule has 0 spiro atoms. The Hall–Kier alpha value is -8.00. The lowest BCUT2D eigenvalue weighted by Gasteiger charge is -2.23. The maximum absolute atomic E-state index is 12.7. The first-order valence-electron chi connectivity index (χ1n) is 22.6. The zero-order valence-electron chi connectivity index (χ0n) is 39.4. The Morgan fingerprint density at radius 2 is 1.37 bits per heavy atom.